The molecule has 1 aromatic carbocycles. The van der Waals surface area contributed by atoms with Crippen molar-refractivity contribution in [3.63, 3.8) is 0 Å². The Hall–Kier alpha value is -1.85. The number of carbonyl (C=O) groups is 1. The lowest BCUT2D eigenvalue weighted by Gasteiger charge is -2.16. The highest BCUT2D eigenvalue weighted by molar-refractivity contribution is 5.85. The first-order valence-corrected chi connectivity index (χ1v) is 7.02. The number of carboxylic acids is 1. The molecule has 5 nitrogen and oxygen atoms in total. The van der Waals surface area contributed by atoms with Gasteiger partial charge in [0.1, 0.15) is 12.4 Å². The minimum Gasteiger partial charge on any atom is -0.492 e. The smallest absolute Gasteiger partial charge is 0.328 e. The summed E-state index contributed by atoms with van der Waals surface area (Å²) in [5.74, 6) is -0.175. The Labute approximate surface area is 125 Å². The van der Waals surface area contributed by atoms with Gasteiger partial charge in [-0.3, -0.25) is 0 Å². The normalized spacial score (nSPS) is 11.2. The zero-order valence-corrected chi connectivity index (χ0v) is 12.6. The van der Waals surface area contributed by atoms with E-state index in [1.807, 2.05) is 38.2 Å². The summed E-state index contributed by atoms with van der Waals surface area (Å²) in [4.78, 5) is 12.6. The van der Waals surface area contributed by atoms with Gasteiger partial charge in [-0.2, -0.15) is 0 Å². The molecule has 0 aromatic heterocycles. The summed E-state index contributed by atoms with van der Waals surface area (Å²) >= 11 is 0. The first-order valence-electron chi connectivity index (χ1n) is 7.02. The van der Waals surface area contributed by atoms with Crippen molar-refractivity contribution in [3.8, 4) is 5.75 Å². The Morgan fingerprint density at radius 3 is 2.52 bits per heavy atom. The van der Waals surface area contributed by atoms with E-state index in [0.29, 0.717) is 6.61 Å². The summed E-state index contributed by atoms with van der Waals surface area (Å²) in [6.07, 6.45) is 2.66. The number of nitrogens with zero attached hydrogens (tertiary/aromatic N) is 1. The Morgan fingerprint density at radius 1 is 1.24 bits per heavy atom. The van der Waals surface area contributed by atoms with Crippen LogP contribution in [0.25, 0.3) is 6.08 Å². The van der Waals surface area contributed by atoms with Crippen molar-refractivity contribution in [2.75, 3.05) is 40.0 Å². The molecule has 0 heterocycles. The number of likely N-dealkylation sites (N-methyl/N-ethyl adjacent to an activating group) is 1. The maximum Gasteiger partial charge on any atom is 0.328 e. The van der Waals surface area contributed by atoms with E-state index >= 15 is 0 Å². The van der Waals surface area contributed by atoms with Crippen molar-refractivity contribution in [1.82, 2.24) is 4.90 Å². The fraction of sp³-hybridized carbons (Fsp3) is 0.438. The minimum absolute atomic E-state index is 0.604. The molecule has 5 heteroatoms. The highest BCUT2D eigenvalue weighted by atomic mass is 16.5. The molecule has 0 amide bonds. The molecular weight excluding hydrogens is 270 g/mol. The van der Waals surface area contributed by atoms with Gasteiger partial charge < -0.3 is 19.5 Å². The van der Waals surface area contributed by atoms with E-state index in [-0.39, 0.29) is 0 Å². The third-order valence-electron chi connectivity index (χ3n) is 2.86. The van der Waals surface area contributed by atoms with Crippen LogP contribution in [0.5, 0.6) is 5.75 Å². The minimum atomic E-state index is -0.953. The number of hydrogen-bond donors (Lipinski definition) is 1. The zero-order valence-electron chi connectivity index (χ0n) is 12.6. The fourth-order valence-corrected chi connectivity index (χ4v) is 1.64. The summed E-state index contributed by atoms with van der Waals surface area (Å²) in [5.41, 5.74) is 0.832. The molecule has 0 aliphatic carbocycles. The van der Waals surface area contributed by atoms with Gasteiger partial charge in [0.2, 0.25) is 0 Å². The lowest BCUT2D eigenvalue weighted by atomic mass is 10.2. The average Bonchev–Trinajstić information content (AvgIpc) is 2.46. The second-order valence-corrected chi connectivity index (χ2v) is 4.59. The second kappa shape index (κ2) is 9.96. The van der Waals surface area contributed by atoms with Crippen LogP contribution in [-0.2, 0) is 9.53 Å². The largest absolute Gasteiger partial charge is 0.492 e. The van der Waals surface area contributed by atoms with Crippen LogP contribution in [0.15, 0.2) is 30.3 Å². The van der Waals surface area contributed by atoms with Crippen LogP contribution in [0.4, 0.5) is 0 Å². The second-order valence-electron chi connectivity index (χ2n) is 4.59. The Balaban J connectivity index is 2.28. The molecule has 0 aliphatic rings. The van der Waals surface area contributed by atoms with Gasteiger partial charge in [-0.05, 0) is 37.7 Å². The van der Waals surface area contributed by atoms with Crippen LogP contribution in [0.3, 0.4) is 0 Å². The van der Waals surface area contributed by atoms with Gasteiger partial charge in [-0.15, -0.1) is 0 Å². The molecule has 0 bridgehead atoms. The molecule has 1 N–H and O–H groups in total. The molecule has 0 saturated carbocycles. The van der Waals surface area contributed by atoms with Crippen LogP contribution in [0, 0.1) is 0 Å². The quantitative estimate of drug-likeness (QED) is 0.529. The van der Waals surface area contributed by atoms with Gasteiger partial charge in [0.05, 0.1) is 6.61 Å². The summed E-state index contributed by atoms with van der Waals surface area (Å²) in [7, 11) is 2.03. The highest BCUT2D eigenvalue weighted by Crippen LogP contribution is 2.13. The van der Waals surface area contributed by atoms with Crippen molar-refractivity contribution in [2.45, 2.75) is 6.92 Å². The van der Waals surface area contributed by atoms with Gasteiger partial charge in [-0.25, -0.2) is 4.79 Å². The molecule has 116 valence electrons. The molecule has 1 rings (SSSR count). The standard InChI is InChI=1S/C16H23NO4/c1-3-20-12-10-17(2)11-13-21-15-7-4-14(5-8-15)6-9-16(18)19/h4-9H,3,10-13H2,1-2H3,(H,18,19)/b9-6+. The topological polar surface area (TPSA) is 59.0 Å². The van der Waals surface area contributed by atoms with Crippen LogP contribution in [-0.4, -0.2) is 55.9 Å². The molecule has 1 aromatic rings. The zero-order chi connectivity index (χ0) is 15.5. The van der Waals surface area contributed by atoms with E-state index in [1.54, 1.807) is 6.08 Å². The average molecular weight is 293 g/mol. The molecule has 0 fully saturated rings. The number of aliphatic carboxylic acids is 1. The van der Waals surface area contributed by atoms with Crippen LogP contribution in [0.2, 0.25) is 0 Å². The molecule has 0 unspecified atom stereocenters. The van der Waals surface area contributed by atoms with Crippen molar-refractivity contribution in [3.05, 3.63) is 35.9 Å². The van der Waals surface area contributed by atoms with Crippen LogP contribution in [0.1, 0.15) is 12.5 Å². The predicted molar refractivity (Wildman–Crippen MR) is 82.6 cm³/mol. The molecule has 0 atom stereocenters. The Morgan fingerprint density at radius 2 is 1.90 bits per heavy atom. The third kappa shape index (κ3) is 8.12. The third-order valence-corrected chi connectivity index (χ3v) is 2.86. The number of ether oxygens (including phenoxy) is 2. The lowest BCUT2D eigenvalue weighted by Crippen LogP contribution is -2.27. The van der Waals surface area contributed by atoms with E-state index < -0.39 is 5.97 Å². The number of carboxylic acid groups (broad SMARTS) is 1. The first kappa shape index (κ1) is 17.2. The SMILES string of the molecule is CCOCCN(C)CCOc1ccc(/C=C/C(=O)O)cc1. The first-order chi connectivity index (χ1) is 10.1. The fourth-order valence-electron chi connectivity index (χ4n) is 1.64. The molecule has 0 aliphatic heterocycles. The summed E-state index contributed by atoms with van der Waals surface area (Å²) in [6, 6.07) is 7.32. The van der Waals surface area contributed by atoms with Gasteiger partial charge in [0.15, 0.2) is 0 Å². The predicted octanol–water partition coefficient (Wildman–Crippen LogP) is 2.13. The summed E-state index contributed by atoms with van der Waals surface area (Å²) in [5, 5.41) is 8.55. The lowest BCUT2D eigenvalue weighted by molar-refractivity contribution is -0.131. The van der Waals surface area contributed by atoms with Crippen LogP contribution >= 0.6 is 0 Å². The molecular formula is C16H23NO4. The van der Waals surface area contributed by atoms with Crippen molar-refractivity contribution in [2.24, 2.45) is 0 Å². The van der Waals surface area contributed by atoms with Crippen LogP contribution < -0.4 is 4.74 Å². The van der Waals surface area contributed by atoms with E-state index in [2.05, 4.69) is 4.90 Å². The van der Waals surface area contributed by atoms with Gasteiger partial charge in [0, 0.05) is 25.8 Å². The molecule has 0 spiro atoms. The number of benzene rings is 1. The van der Waals surface area contributed by atoms with Crippen molar-refractivity contribution in [1.29, 1.82) is 0 Å². The van der Waals surface area contributed by atoms with Gasteiger partial charge in [0.25, 0.3) is 0 Å². The Bertz CT molecular complexity index is 442. The summed E-state index contributed by atoms with van der Waals surface area (Å²) in [6.45, 7) is 5.78. The van der Waals surface area contributed by atoms with Crippen molar-refractivity contribution >= 4 is 12.0 Å². The Kier molecular flexibility index (Phi) is 8.16. The number of rotatable bonds is 10. The monoisotopic (exact) mass is 293 g/mol. The number of hydrogen-bond acceptors (Lipinski definition) is 4. The maximum atomic E-state index is 10.4. The van der Waals surface area contributed by atoms with Crippen molar-refractivity contribution < 1.29 is 19.4 Å². The van der Waals surface area contributed by atoms with Gasteiger partial charge >= 0.3 is 5.97 Å². The van der Waals surface area contributed by atoms with E-state index in [9.17, 15) is 4.79 Å². The molecule has 0 saturated heterocycles. The maximum absolute atomic E-state index is 10.4. The summed E-state index contributed by atoms with van der Waals surface area (Å²) < 4.78 is 10.9. The highest BCUT2D eigenvalue weighted by Gasteiger charge is 1.99. The molecule has 0 radical (unpaired) electrons. The molecule has 21 heavy (non-hydrogen) atoms. The van der Waals surface area contributed by atoms with E-state index in [0.717, 1.165) is 43.7 Å². The van der Waals surface area contributed by atoms with E-state index in [1.165, 1.54) is 0 Å². The van der Waals surface area contributed by atoms with Gasteiger partial charge in [-0.1, -0.05) is 12.1 Å². The van der Waals surface area contributed by atoms with E-state index in [4.69, 9.17) is 14.6 Å².